The summed E-state index contributed by atoms with van der Waals surface area (Å²) in [5, 5.41) is 4.07. The van der Waals surface area contributed by atoms with E-state index < -0.39 is 0 Å². The average molecular weight is 354 g/mol. The van der Waals surface area contributed by atoms with Crippen LogP contribution in [0.2, 0.25) is 0 Å². The van der Waals surface area contributed by atoms with E-state index in [9.17, 15) is 0 Å². The van der Waals surface area contributed by atoms with Crippen LogP contribution in [-0.4, -0.2) is 49.8 Å². The number of methoxy groups -OCH3 is 1. The SMILES string of the molecule is CCc1nc(CN2C[C@H](OC)C[C@H]2c2ncc(-c3cccnc3)[nH]2)no1. The summed E-state index contributed by atoms with van der Waals surface area (Å²) in [6, 6.07) is 4.05. The van der Waals surface area contributed by atoms with Gasteiger partial charge >= 0.3 is 0 Å². The monoisotopic (exact) mass is 354 g/mol. The minimum atomic E-state index is 0.119. The minimum Gasteiger partial charge on any atom is -0.380 e. The topological polar surface area (TPSA) is 93.0 Å². The maximum atomic E-state index is 5.59. The maximum absolute atomic E-state index is 5.59. The summed E-state index contributed by atoms with van der Waals surface area (Å²) in [6.45, 7) is 3.41. The Bertz CT molecular complexity index is 846. The average Bonchev–Trinajstić information content (AvgIpc) is 3.42. The standard InChI is InChI=1S/C18H22N6O2/c1-3-17-22-16(23-26-17)11-24-10-13(25-2)7-15(24)18-20-9-14(21-18)12-5-4-6-19-8-12/h4-6,8-9,13,15H,3,7,10-11H2,1-2H3,(H,20,21)/t13-,15+/m1/s1. The first kappa shape index (κ1) is 16.9. The van der Waals surface area contributed by atoms with Crippen LogP contribution in [0.15, 0.2) is 35.2 Å². The van der Waals surface area contributed by atoms with Crippen molar-refractivity contribution in [2.24, 2.45) is 0 Å². The van der Waals surface area contributed by atoms with Crippen LogP contribution >= 0.6 is 0 Å². The Kier molecular flexibility index (Phi) is 4.77. The molecule has 136 valence electrons. The quantitative estimate of drug-likeness (QED) is 0.726. The number of ether oxygens (including phenoxy) is 1. The van der Waals surface area contributed by atoms with Gasteiger partial charge < -0.3 is 14.2 Å². The molecule has 1 aliphatic heterocycles. The van der Waals surface area contributed by atoms with Gasteiger partial charge in [-0.15, -0.1) is 0 Å². The van der Waals surface area contributed by atoms with Crippen LogP contribution in [-0.2, 0) is 17.7 Å². The van der Waals surface area contributed by atoms with E-state index in [-0.39, 0.29) is 12.1 Å². The number of nitrogens with zero attached hydrogens (tertiary/aromatic N) is 5. The van der Waals surface area contributed by atoms with Crippen molar-refractivity contribution in [3.8, 4) is 11.3 Å². The minimum absolute atomic E-state index is 0.119. The molecule has 0 saturated carbocycles. The highest BCUT2D eigenvalue weighted by molar-refractivity contribution is 5.56. The lowest BCUT2D eigenvalue weighted by atomic mass is 10.2. The smallest absolute Gasteiger partial charge is 0.226 e. The highest BCUT2D eigenvalue weighted by atomic mass is 16.5. The fourth-order valence-electron chi connectivity index (χ4n) is 3.35. The highest BCUT2D eigenvalue weighted by Gasteiger charge is 2.35. The van der Waals surface area contributed by atoms with E-state index in [1.165, 1.54) is 0 Å². The number of likely N-dealkylation sites (tertiary alicyclic amines) is 1. The number of imidazole rings is 1. The number of hydrogen-bond acceptors (Lipinski definition) is 7. The first-order valence-corrected chi connectivity index (χ1v) is 8.80. The molecule has 0 radical (unpaired) electrons. The summed E-state index contributed by atoms with van der Waals surface area (Å²) < 4.78 is 10.8. The molecule has 0 unspecified atom stereocenters. The van der Waals surface area contributed by atoms with Crippen LogP contribution in [0.4, 0.5) is 0 Å². The molecule has 0 bridgehead atoms. The summed E-state index contributed by atoms with van der Waals surface area (Å²) >= 11 is 0. The summed E-state index contributed by atoms with van der Waals surface area (Å²) in [4.78, 5) is 18.9. The summed E-state index contributed by atoms with van der Waals surface area (Å²) in [6.07, 6.45) is 7.21. The van der Waals surface area contributed by atoms with Crippen molar-refractivity contribution in [3.05, 3.63) is 48.3 Å². The number of aromatic nitrogens is 5. The van der Waals surface area contributed by atoms with Gasteiger partial charge in [0.05, 0.1) is 30.6 Å². The van der Waals surface area contributed by atoms with Gasteiger partial charge in [-0.1, -0.05) is 12.1 Å². The molecule has 0 aliphatic carbocycles. The largest absolute Gasteiger partial charge is 0.380 e. The third-order valence-electron chi connectivity index (χ3n) is 4.74. The van der Waals surface area contributed by atoms with Crippen LogP contribution in [0.5, 0.6) is 0 Å². The molecule has 4 heterocycles. The van der Waals surface area contributed by atoms with E-state index >= 15 is 0 Å². The van der Waals surface area contributed by atoms with Gasteiger partial charge in [0, 0.05) is 38.0 Å². The van der Waals surface area contributed by atoms with Gasteiger partial charge in [-0.2, -0.15) is 4.98 Å². The van der Waals surface area contributed by atoms with Crippen molar-refractivity contribution >= 4 is 0 Å². The molecule has 4 rings (SSSR count). The van der Waals surface area contributed by atoms with Crippen molar-refractivity contribution in [2.75, 3.05) is 13.7 Å². The Morgan fingerprint density at radius 2 is 2.31 bits per heavy atom. The van der Waals surface area contributed by atoms with Gasteiger partial charge in [-0.25, -0.2) is 4.98 Å². The van der Waals surface area contributed by atoms with Gasteiger partial charge in [-0.3, -0.25) is 9.88 Å². The van der Waals surface area contributed by atoms with Gasteiger partial charge in [0.2, 0.25) is 5.89 Å². The second-order valence-electron chi connectivity index (χ2n) is 6.42. The number of H-pyrrole nitrogens is 1. The Balaban J connectivity index is 1.55. The Labute approximate surface area is 151 Å². The molecular weight excluding hydrogens is 332 g/mol. The number of hydrogen-bond donors (Lipinski definition) is 1. The number of pyridine rings is 1. The van der Waals surface area contributed by atoms with E-state index in [4.69, 9.17) is 9.26 Å². The first-order chi connectivity index (χ1) is 12.8. The molecule has 3 aromatic heterocycles. The van der Waals surface area contributed by atoms with E-state index in [1.54, 1.807) is 13.3 Å². The molecule has 8 heteroatoms. The number of aromatic amines is 1. The molecule has 0 spiro atoms. The highest BCUT2D eigenvalue weighted by Crippen LogP contribution is 2.33. The fourth-order valence-corrected chi connectivity index (χ4v) is 3.35. The summed E-state index contributed by atoms with van der Waals surface area (Å²) in [5.41, 5.74) is 1.98. The Morgan fingerprint density at radius 1 is 1.38 bits per heavy atom. The number of aryl methyl sites for hydroxylation is 1. The van der Waals surface area contributed by atoms with Gasteiger partial charge in [0.15, 0.2) is 5.82 Å². The number of nitrogens with one attached hydrogen (secondary N) is 1. The van der Waals surface area contributed by atoms with Crippen molar-refractivity contribution in [1.29, 1.82) is 0 Å². The zero-order valence-electron chi connectivity index (χ0n) is 14.9. The molecule has 1 aliphatic rings. The summed E-state index contributed by atoms with van der Waals surface area (Å²) in [5.74, 6) is 2.28. The fraction of sp³-hybridized carbons (Fsp3) is 0.444. The third-order valence-corrected chi connectivity index (χ3v) is 4.74. The van der Waals surface area contributed by atoms with E-state index in [1.807, 2.05) is 31.5 Å². The molecule has 8 nitrogen and oxygen atoms in total. The predicted octanol–water partition coefficient (Wildman–Crippen LogP) is 2.38. The van der Waals surface area contributed by atoms with Crippen LogP contribution in [0.3, 0.4) is 0 Å². The zero-order valence-corrected chi connectivity index (χ0v) is 14.9. The Morgan fingerprint density at radius 3 is 3.04 bits per heavy atom. The zero-order chi connectivity index (χ0) is 17.9. The molecule has 26 heavy (non-hydrogen) atoms. The van der Waals surface area contributed by atoms with Crippen LogP contribution in [0.25, 0.3) is 11.3 Å². The number of rotatable bonds is 6. The molecule has 3 aromatic rings. The molecule has 1 fully saturated rings. The van der Waals surface area contributed by atoms with Crippen LogP contribution in [0.1, 0.15) is 36.9 Å². The normalized spacial score (nSPS) is 20.7. The molecule has 1 N–H and O–H groups in total. The van der Waals surface area contributed by atoms with E-state index in [2.05, 4.69) is 30.0 Å². The maximum Gasteiger partial charge on any atom is 0.226 e. The Hall–Kier alpha value is -2.58. The van der Waals surface area contributed by atoms with Gasteiger partial charge in [-0.05, 0) is 18.6 Å². The molecule has 2 atom stereocenters. The van der Waals surface area contributed by atoms with Gasteiger partial charge in [0.25, 0.3) is 0 Å². The van der Waals surface area contributed by atoms with Crippen molar-refractivity contribution in [2.45, 2.75) is 38.5 Å². The molecule has 0 aromatic carbocycles. The van der Waals surface area contributed by atoms with Gasteiger partial charge in [0.1, 0.15) is 5.82 Å². The molecule has 1 saturated heterocycles. The van der Waals surface area contributed by atoms with Crippen LogP contribution in [0, 0.1) is 0 Å². The predicted molar refractivity (Wildman–Crippen MR) is 94.1 cm³/mol. The lowest BCUT2D eigenvalue weighted by molar-refractivity contribution is 0.106. The second-order valence-corrected chi connectivity index (χ2v) is 6.42. The summed E-state index contributed by atoms with van der Waals surface area (Å²) in [7, 11) is 1.75. The third kappa shape index (κ3) is 3.38. The lowest BCUT2D eigenvalue weighted by Gasteiger charge is -2.20. The molecular formula is C18H22N6O2. The van der Waals surface area contributed by atoms with E-state index in [0.29, 0.717) is 18.3 Å². The molecule has 0 amide bonds. The van der Waals surface area contributed by atoms with Crippen molar-refractivity contribution < 1.29 is 9.26 Å². The second kappa shape index (κ2) is 7.35. The van der Waals surface area contributed by atoms with Crippen LogP contribution < -0.4 is 0 Å². The van der Waals surface area contributed by atoms with Crippen molar-refractivity contribution in [1.82, 2.24) is 30.0 Å². The van der Waals surface area contributed by atoms with Crippen molar-refractivity contribution in [3.63, 3.8) is 0 Å². The first-order valence-electron chi connectivity index (χ1n) is 8.80. The van der Waals surface area contributed by atoms with E-state index in [0.717, 1.165) is 36.5 Å². The lowest BCUT2D eigenvalue weighted by Crippen LogP contribution is -2.26.